The molecule has 0 saturated heterocycles. The molecule has 110 valence electrons. The van der Waals surface area contributed by atoms with Gasteiger partial charge in [-0.3, -0.25) is 0 Å². The van der Waals surface area contributed by atoms with Crippen molar-refractivity contribution in [3.63, 3.8) is 0 Å². The highest BCUT2D eigenvalue weighted by Crippen LogP contribution is 2.26. The molecule has 21 heavy (non-hydrogen) atoms. The van der Waals surface area contributed by atoms with E-state index in [1.54, 1.807) is 0 Å². The molecule has 1 nitrogen and oxygen atoms in total. The highest BCUT2D eigenvalue weighted by Gasteiger charge is 2.14. The topological polar surface area (TPSA) is 23.9 Å². The van der Waals surface area contributed by atoms with E-state index in [0.717, 1.165) is 24.8 Å². The van der Waals surface area contributed by atoms with Crippen molar-refractivity contribution in [2.45, 2.75) is 40.0 Å². The normalized spacial score (nSPS) is 15.8. The Labute approximate surface area is 128 Å². The quantitative estimate of drug-likeness (QED) is 0.695. The molecule has 1 aromatic carbocycles. The second-order valence-electron chi connectivity index (χ2n) is 6.62. The molecule has 1 aromatic rings. The highest BCUT2D eigenvalue weighted by molar-refractivity contribution is 5.77. The van der Waals surface area contributed by atoms with Gasteiger partial charge in [-0.25, -0.2) is 0 Å². The van der Waals surface area contributed by atoms with E-state index in [2.05, 4.69) is 69.3 Å². The van der Waals surface area contributed by atoms with Gasteiger partial charge in [-0.1, -0.05) is 69.3 Å². The molecule has 2 rings (SSSR count). The van der Waals surface area contributed by atoms with Crippen molar-refractivity contribution in [3.8, 4) is 0 Å². The third-order valence-corrected chi connectivity index (χ3v) is 3.89. The van der Waals surface area contributed by atoms with Crippen LogP contribution in [0.3, 0.4) is 0 Å². The van der Waals surface area contributed by atoms with Crippen LogP contribution < -0.4 is 0 Å². The maximum atomic E-state index is 7.57. The Morgan fingerprint density at radius 1 is 1.29 bits per heavy atom. The van der Waals surface area contributed by atoms with Gasteiger partial charge in [-0.05, 0) is 47.0 Å². The lowest BCUT2D eigenvalue weighted by atomic mass is 9.86. The van der Waals surface area contributed by atoms with Gasteiger partial charge >= 0.3 is 0 Å². The van der Waals surface area contributed by atoms with Crippen LogP contribution in [-0.2, 0) is 6.42 Å². The van der Waals surface area contributed by atoms with Crippen molar-refractivity contribution >= 4 is 11.8 Å². The third-order valence-electron chi connectivity index (χ3n) is 3.89. The number of rotatable bonds is 4. The molecule has 1 N–H and O–H groups in total. The largest absolute Gasteiger partial charge is 0.308 e. The number of hydrogen-bond donors (Lipinski definition) is 1. The Kier molecular flexibility index (Phi) is 4.95. The zero-order chi connectivity index (χ0) is 15.3. The van der Waals surface area contributed by atoms with Gasteiger partial charge in [0.2, 0.25) is 0 Å². The summed E-state index contributed by atoms with van der Waals surface area (Å²) in [4.78, 5) is 0. The monoisotopic (exact) mass is 279 g/mol. The van der Waals surface area contributed by atoms with Crippen LogP contribution in [0.2, 0.25) is 0 Å². The van der Waals surface area contributed by atoms with E-state index in [4.69, 9.17) is 5.41 Å². The van der Waals surface area contributed by atoms with E-state index in [1.807, 2.05) is 0 Å². The molecule has 1 heteroatoms. The van der Waals surface area contributed by atoms with Crippen LogP contribution in [0.4, 0.5) is 0 Å². The lowest BCUT2D eigenvalue weighted by molar-refractivity contribution is 0.524. The van der Waals surface area contributed by atoms with E-state index in [9.17, 15) is 0 Å². The third kappa shape index (κ3) is 4.29. The van der Waals surface area contributed by atoms with Gasteiger partial charge in [0.25, 0.3) is 0 Å². The molecular weight excluding hydrogens is 254 g/mol. The van der Waals surface area contributed by atoms with Crippen LogP contribution in [0.1, 0.15) is 44.7 Å². The van der Waals surface area contributed by atoms with Crippen molar-refractivity contribution in [1.82, 2.24) is 0 Å². The molecule has 0 spiro atoms. The Balaban J connectivity index is 2.18. The minimum absolute atomic E-state index is 0.0378. The molecule has 0 atom stereocenters. The van der Waals surface area contributed by atoms with Gasteiger partial charge in [-0.15, -0.1) is 0 Å². The molecule has 1 aliphatic rings. The maximum absolute atomic E-state index is 7.57. The first-order valence-corrected chi connectivity index (χ1v) is 7.67. The maximum Gasteiger partial charge on any atom is 0.0212 e. The smallest absolute Gasteiger partial charge is 0.0212 e. The predicted molar refractivity (Wildman–Crippen MR) is 92.8 cm³/mol. The predicted octanol–water partition coefficient (Wildman–Crippen LogP) is 5.58. The van der Waals surface area contributed by atoms with Crippen LogP contribution in [-0.4, -0.2) is 6.21 Å². The number of benzene rings is 1. The van der Waals surface area contributed by atoms with Crippen molar-refractivity contribution in [2.24, 2.45) is 5.41 Å². The second kappa shape index (κ2) is 6.71. The van der Waals surface area contributed by atoms with Crippen LogP contribution in [0.15, 0.2) is 54.1 Å². The van der Waals surface area contributed by atoms with Crippen LogP contribution in [0.5, 0.6) is 0 Å². The second-order valence-corrected chi connectivity index (χ2v) is 6.62. The van der Waals surface area contributed by atoms with Crippen LogP contribution in [0.25, 0.3) is 5.57 Å². The van der Waals surface area contributed by atoms with E-state index in [0.29, 0.717) is 0 Å². The van der Waals surface area contributed by atoms with Crippen LogP contribution in [0, 0.1) is 10.8 Å². The van der Waals surface area contributed by atoms with Gasteiger partial charge in [0.1, 0.15) is 0 Å². The summed E-state index contributed by atoms with van der Waals surface area (Å²) < 4.78 is 0. The summed E-state index contributed by atoms with van der Waals surface area (Å²) in [5.41, 5.74) is 5.19. The Morgan fingerprint density at radius 2 is 2.10 bits per heavy atom. The zero-order valence-corrected chi connectivity index (χ0v) is 13.3. The summed E-state index contributed by atoms with van der Waals surface area (Å²) in [5.74, 6) is 0. The minimum atomic E-state index is 0.0378. The molecule has 1 aliphatic carbocycles. The van der Waals surface area contributed by atoms with Gasteiger partial charge < -0.3 is 5.41 Å². The average molecular weight is 279 g/mol. The molecule has 0 unspecified atom stereocenters. The first kappa shape index (κ1) is 15.5. The number of hydrogen-bond acceptors (Lipinski definition) is 1. The van der Waals surface area contributed by atoms with Gasteiger partial charge in [0.15, 0.2) is 0 Å². The molecule has 0 radical (unpaired) electrons. The SMILES string of the molecule is CC(C)(C)/C(C=N)=C/Cc1cccc(C2=CC=CCC2)c1. The number of nitrogens with one attached hydrogen (secondary N) is 1. The molecule has 0 heterocycles. The fourth-order valence-corrected chi connectivity index (χ4v) is 2.55. The van der Waals surface area contributed by atoms with E-state index in [-0.39, 0.29) is 5.41 Å². The van der Waals surface area contributed by atoms with E-state index in [1.165, 1.54) is 22.9 Å². The molecule has 0 bridgehead atoms. The molecule has 0 saturated carbocycles. The first-order valence-electron chi connectivity index (χ1n) is 7.67. The molecular formula is C20H25N. The van der Waals surface area contributed by atoms with Crippen molar-refractivity contribution < 1.29 is 0 Å². The summed E-state index contributed by atoms with van der Waals surface area (Å²) in [6.07, 6.45) is 13.4. The molecule has 0 aromatic heterocycles. The summed E-state index contributed by atoms with van der Waals surface area (Å²) in [6.45, 7) is 6.46. The standard InChI is InChI=1S/C20H25N/c1-20(2,3)19(15-21)13-12-16-8-7-11-18(14-16)17-9-5-4-6-10-17/h4-5,7-9,11,13-15,21H,6,10,12H2,1-3H3/b19-13+,21-15?. The molecule has 0 aliphatic heterocycles. The first-order chi connectivity index (χ1) is 10.0. The fourth-order valence-electron chi connectivity index (χ4n) is 2.55. The van der Waals surface area contributed by atoms with Gasteiger partial charge in [-0.2, -0.15) is 0 Å². The molecule has 0 fully saturated rings. The lowest BCUT2D eigenvalue weighted by Crippen LogP contribution is -2.10. The number of allylic oxidation sites excluding steroid dienone is 6. The Bertz CT molecular complexity index is 595. The Morgan fingerprint density at radius 3 is 2.71 bits per heavy atom. The van der Waals surface area contributed by atoms with Crippen LogP contribution >= 0.6 is 0 Å². The van der Waals surface area contributed by atoms with Gasteiger partial charge in [0.05, 0.1) is 0 Å². The van der Waals surface area contributed by atoms with E-state index >= 15 is 0 Å². The highest BCUT2D eigenvalue weighted by atomic mass is 14.4. The Hall–Kier alpha value is -1.89. The molecule has 0 amide bonds. The van der Waals surface area contributed by atoms with E-state index < -0.39 is 0 Å². The lowest BCUT2D eigenvalue weighted by Gasteiger charge is -2.19. The fraction of sp³-hybridized carbons (Fsp3) is 0.350. The minimum Gasteiger partial charge on any atom is -0.308 e. The van der Waals surface area contributed by atoms with Gasteiger partial charge in [0, 0.05) is 6.21 Å². The van der Waals surface area contributed by atoms with Crippen molar-refractivity contribution in [3.05, 3.63) is 65.3 Å². The summed E-state index contributed by atoms with van der Waals surface area (Å²) in [5, 5.41) is 7.57. The summed E-state index contributed by atoms with van der Waals surface area (Å²) in [7, 11) is 0. The summed E-state index contributed by atoms with van der Waals surface area (Å²) >= 11 is 0. The summed E-state index contributed by atoms with van der Waals surface area (Å²) in [6, 6.07) is 8.79. The van der Waals surface area contributed by atoms with Crippen molar-refractivity contribution in [1.29, 1.82) is 5.41 Å². The average Bonchev–Trinajstić information content (AvgIpc) is 2.48. The zero-order valence-electron chi connectivity index (χ0n) is 13.3. The van der Waals surface area contributed by atoms with Crippen molar-refractivity contribution in [2.75, 3.05) is 0 Å².